The number of amides is 1. The molecule has 1 amide bonds. The van der Waals surface area contributed by atoms with Crippen molar-refractivity contribution in [3.63, 3.8) is 0 Å². The highest BCUT2D eigenvalue weighted by molar-refractivity contribution is 5.80. The maximum absolute atomic E-state index is 13.5. The van der Waals surface area contributed by atoms with E-state index in [1.165, 1.54) is 89.9 Å². The maximum Gasteiger partial charge on any atom is 0.306 e. The minimum Gasteiger partial charge on any atom is -0.454 e. The molecule has 1 rings (SSSR count). The van der Waals surface area contributed by atoms with Crippen molar-refractivity contribution in [2.45, 2.75) is 314 Å². The number of aliphatic hydroxyl groups excluding tert-OH is 5. The molecule has 11 nitrogen and oxygen atoms in total. The smallest absolute Gasteiger partial charge is 0.306 e. The zero-order valence-corrected chi connectivity index (χ0v) is 52.1. The second-order valence-corrected chi connectivity index (χ2v) is 22.5. The summed E-state index contributed by atoms with van der Waals surface area (Å²) < 4.78 is 17.6. The van der Waals surface area contributed by atoms with Crippen molar-refractivity contribution in [3.8, 4) is 0 Å². The fourth-order valence-corrected chi connectivity index (χ4v) is 9.68. The molecule has 0 radical (unpaired) electrons. The summed E-state index contributed by atoms with van der Waals surface area (Å²) in [5.41, 5.74) is 0. The molecule has 8 atom stereocenters. The van der Waals surface area contributed by atoms with Crippen LogP contribution in [0.4, 0.5) is 0 Å². The maximum atomic E-state index is 13.5. The monoisotopic (exact) mass is 1150 g/mol. The zero-order valence-electron chi connectivity index (χ0n) is 52.1. The quantitative estimate of drug-likeness (QED) is 0.0195. The number of esters is 1. The van der Waals surface area contributed by atoms with Crippen LogP contribution >= 0.6 is 0 Å². The number of carbonyl (C=O) groups is 2. The number of hydrogen-bond acceptors (Lipinski definition) is 10. The van der Waals surface area contributed by atoms with Gasteiger partial charge in [0.2, 0.25) is 5.91 Å². The van der Waals surface area contributed by atoms with Gasteiger partial charge in [0.25, 0.3) is 0 Å². The fourth-order valence-electron chi connectivity index (χ4n) is 9.68. The van der Waals surface area contributed by atoms with Gasteiger partial charge in [0.05, 0.1) is 25.4 Å². The van der Waals surface area contributed by atoms with Crippen molar-refractivity contribution < 1.29 is 49.3 Å². The van der Waals surface area contributed by atoms with Gasteiger partial charge >= 0.3 is 5.97 Å². The van der Waals surface area contributed by atoms with E-state index in [2.05, 4.69) is 123 Å². The second-order valence-electron chi connectivity index (χ2n) is 22.5. The summed E-state index contributed by atoms with van der Waals surface area (Å²) >= 11 is 0. The van der Waals surface area contributed by atoms with Gasteiger partial charge in [0, 0.05) is 6.42 Å². The van der Waals surface area contributed by atoms with E-state index in [-0.39, 0.29) is 19.4 Å². The van der Waals surface area contributed by atoms with E-state index >= 15 is 0 Å². The third-order valence-corrected chi connectivity index (χ3v) is 14.9. The van der Waals surface area contributed by atoms with Gasteiger partial charge < -0.3 is 45.1 Å². The molecule has 0 spiro atoms. The van der Waals surface area contributed by atoms with Crippen LogP contribution in [0.25, 0.3) is 0 Å². The molecule has 1 saturated heterocycles. The number of aliphatic hydroxyl groups is 5. The molecular weight excluding hydrogens is 1030 g/mol. The van der Waals surface area contributed by atoms with Crippen molar-refractivity contribution in [2.24, 2.45) is 0 Å². The Kier molecular flexibility index (Phi) is 53.7. The first kappa shape index (κ1) is 76.3. The van der Waals surface area contributed by atoms with Gasteiger partial charge in [-0.25, -0.2) is 0 Å². The van der Waals surface area contributed by atoms with Crippen molar-refractivity contribution in [1.29, 1.82) is 0 Å². The highest BCUT2D eigenvalue weighted by atomic mass is 16.7. The second kappa shape index (κ2) is 57.7. The lowest BCUT2D eigenvalue weighted by Gasteiger charge is -2.41. The molecule has 0 aromatic heterocycles. The summed E-state index contributed by atoms with van der Waals surface area (Å²) in [6.07, 6.45) is 68.3. The Morgan fingerprint density at radius 3 is 1.34 bits per heavy atom. The number of nitrogens with one attached hydrogen (secondary N) is 1. The number of rotatable bonds is 55. The van der Waals surface area contributed by atoms with Gasteiger partial charge in [0.1, 0.15) is 24.4 Å². The van der Waals surface area contributed by atoms with Crippen LogP contribution in [0.5, 0.6) is 0 Å². The molecule has 11 heteroatoms. The van der Waals surface area contributed by atoms with Gasteiger partial charge in [-0.3, -0.25) is 9.59 Å². The summed E-state index contributed by atoms with van der Waals surface area (Å²) in [4.78, 5) is 26.6. The summed E-state index contributed by atoms with van der Waals surface area (Å²) in [5, 5.41) is 57.1. The Morgan fingerprint density at radius 1 is 0.488 bits per heavy atom. The summed E-state index contributed by atoms with van der Waals surface area (Å²) in [6.45, 7) is 5.64. The molecule has 1 fully saturated rings. The van der Waals surface area contributed by atoms with E-state index in [9.17, 15) is 35.1 Å². The van der Waals surface area contributed by atoms with Crippen LogP contribution in [0.2, 0.25) is 0 Å². The SMILES string of the molecule is CC/C=C\C/C=C\C/C=C\C/C=C\C/C=C\CCCCCCCC(=O)OC1C(OCC(NC(=O)C(O)CCCCCCCCC/C=C\C/C=C\C/C=C\CCCCC)C(O)/C=C/CCCCCCCCCCCC)OC(CO)C(O)C1O. The fraction of sp³-hybridized carbons (Fsp3) is 0.718. The minimum absolute atomic E-state index is 0.0949. The minimum atomic E-state index is -1.63. The highest BCUT2D eigenvalue weighted by Crippen LogP contribution is 2.26. The van der Waals surface area contributed by atoms with E-state index in [0.29, 0.717) is 12.8 Å². The van der Waals surface area contributed by atoms with Crippen LogP contribution < -0.4 is 5.32 Å². The molecule has 1 aliphatic rings. The van der Waals surface area contributed by atoms with Gasteiger partial charge in [-0.15, -0.1) is 0 Å². The molecule has 82 heavy (non-hydrogen) atoms. The zero-order chi connectivity index (χ0) is 59.6. The van der Waals surface area contributed by atoms with Crippen LogP contribution in [-0.2, 0) is 23.8 Å². The van der Waals surface area contributed by atoms with Crippen LogP contribution in [0.3, 0.4) is 0 Å². The van der Waals surface area contributed by atoms with Crippen molar-refractivity contribution in [2.75, 3.05) is 13.2 Å². The lowest BCUT2D eigenvalue weighted by molar-refractivity contribution is -0.305. The first-order chi connectivity index (χ1) is 40.2. The van der Waals surface area contributed by atoms with Crippen LogP contribution in [0, 0.1) is 0 Å². The Balaban J connectivity index is 2.66. The standard InChI is InChI=1S/C71H121NO10/c1-4-7-10-13-16-19-22-25-27-29-31-33-35-37-39-41-44-47-50-53-56-59-66(76)82-69-68(78)67(77)65(60-73)81-71(69)80-61-62(63(74)57-54-51-48-45-42-24-21-18-15-12-9-6-3)72-70(79)64(75)58-55-52-49-46-43-40-38-36-34-32-30-28-26-23-20-17-14-11-8-5-2/h7,10,16-17,19-20,25-28,31-34,37,39,54,57,62-65,67-69,71,73-75,77-78H,4-6,8-9,11-15,18,21-24,29-30,35-36,38,40-53,55-56,58-61H2,1-3H3,(H,72,79)/b10-7-,19-16-,20-17-,27-25-,28-26-,33-31-,34-32-,39-37-,57-54+. The Hall–Kier alpha value is -3.68. The summed E-state index contributed by atoms with van der Waals surface area (Å²) in [6, 6.07) is -1.04. The predicted molar refractivity (Wildman–Crippen MR) is 342 cm³/mol. The van der Waals surface area contributed by atoms with Crippen molar-refractivity contribution >= 4 is 11.9 Å². The van der Waals surface area contributed by atoms with E-state index < -0.39 is 67.4 Å². The van der Waals surface area contributed by atoms with Crippen LogP contribution in [0.15, 0.2) is 109 Å². The van der Waals surface area contributed by atoms with E-state index in [0.717, 1.165) is 128 Å². The molecule has 0 aromatic rings. The topological polar surface area (TPSA) is 175 Å². The number of carbonyl (C=O) groups excluding carboxylic acids is 2. The molecule has 0 saturated carbocycles. The Labute approximate surface area is 500 Å². The lowest BCUT2D eigenvalue weighted by Crippen LogP contribution is -2.61. The van der Waals surface area contributed by atoms with Gasteiger partial charge in [-0.05, 0) is 109 Å². The van der Waals surface area contributed by atoms with Gasteiger partial charge in [0.15, 0.2) is 12.4 Å². The molecule has 0 aliphatic carbocycles. The average Bonchev–Trinajstić information content (AvgIpc) is 3.44. The van der Waals surface area contributed by atoms with Crippen molar-refractivity contribution in [1.82, 2.24) is 5.32 Å². The Morgan fingerprint density at radius 2 is 0.878 bits per heavy atom. The number of ether oxygens (including phenoxy) is 3. The highest BCUT2D eigenvalue weighted by Gasteiger charge is 2.47. The molecule has 6 N–H and O–H groups in total. The first-order valence-corrected chi connectivity index (χ1v) is 33.2. The average molecular weight is 1150 g/mol. The molecule has 1 heterocycles. The Bertz CT molecular complexity index is 1750. The molecule has 0 aromatic carbocycles. The molecule has 470 valence electrons. The van der Waals surface area contributed by atoms with E-state index in [4.69, 9.17) is 14.2 Å². The van der Waals surface area contributed by atoms with Gasteiger partial charge in [-0.1, -0.05) is 259 Å². The third kappa shape index (κ3) is 44.8. The number of hydrogen-bond donors (Lipinski definition) is 6. The predicted octanol–water partition coefficient (Wildman–Crippen LogP) is 16.4. The van der Waals surface area contributed by atoms with Crippen LogP contribution in [-0.4, -0.2) is 99.6 Å². The van der Waals surface area contributed by atoms with Gasteiger partial charge in [-0.2, -0.15) is 0 Å². The molecule has 8 unspecified atom stereocenters. The molecular formula is C71H121NO10. The van der Waals surface area contributed by atoms with Crippen molar-refractivity contribution in [3.05, 3.63) is 109 Å². The van der Waals surface area contributed by atoms with E-state index in [1.807, 2.05) is 6.08 Å². The van der Waals surface area contributed by atoms with E-state index in [1.54, 1.807) is 6.08 Å². The number of unbranched alkanes of at least 4 members (excludes halogenated alkanes) is 25. The summed E-state index contributed by atoms with van der Waals surface area (Å²) in [7, 11) is 0. The normalized spacial score (nSPS) is 19.3. The number of allylic oxidation sites excluding steroid dienone is 17. The third-order valence-electron chi connectivity index (χ3n) is 14.9. The largest absolute Gasteiger partial charge is 0.454 e. The molecule has 1 aliphatic heterocycles. The first-order valence-electron chi connectivity index (χ1n) is 33.2. The molecule has 0 bridgehead atoms. The summed E-state index contributed by atoms with van der Waals surface area (Å²) in [5.74, 6) is -1.23. The van der Waals surface area contributed by atoms with Crippen LogP contribution in [0.1, 0.15) is 265 Å². The lowest BCUT2D eigenvalue weighted by atomic mass is 9.99.